The van der Waals surface area contributed by atoms with Gasteiger partial charge in [-0.1, -0.05) is 17.3 Å². The largest absolute Gasteiger partial charge is 0.370 e. The van der Waals surface area contributed by atoms with Crippen LogP contribution in [0, 0.1) is 5.82 Å². The lowest BCUT2D eigenvalue weighted by atomic mass is 9.98. The molecule has 0 aliphatic carbocycles. The van der Waals surface area contributed by atoms with Crippen LogP contribution < -0.4 is 0 Å². The third kappa shape index (κ3) is 3.18. The number of hydrogen-bond acceptors (Lipinski definition) is 4. The summed E-state index contributed by atoms with van der Waals surface area (Å²) in [4.78, 5) is 2.32. The maximum atomic E-state index is 13.4. The van der Waals surface area contributed by atoms with Crippen molar-refractivity contribution in [2.24, 2.45) is 7.05 Å². The minimum atomic E-state index is -0.230. The van der Waals surface area contributed by atoms with E-state index in [2.05, 4.69) is 29.1 Å². The van der Waals surface area contributed by atoms with Crippen molar-refractivity contribution in [3.05, 3.63) is 47.5 Å². The number of benzene rings is 1. The Labute approximate surface area is 129 Å². The molecule has 0 N–H and O–H groups in total. The van der Waals surface area contributed by atoms with Crippen LogP contribution in [-0.2, 0) is 18.3 Å². The molecule has 0 spiro atoms. The van der Waals surface area contributed by atoms with Crippen molar-refractivity contribution in [3.63, 3.8) is 0 Å². The summed E-state index contributed by atoms with van der Waals surface area (Å²) in [6, 6.07) is 6.63. The van der Waals surface area contributed by atoms with Gasteiger partial charge in [-0.05, 0) is 31.5 Å². The van der Waals surface area contributed by atoms with E-state index >= 15 is 0 Å². The van der Waals surface area contributed by atoms with Gasteiger partial charge >= 0.3 is 0 Å². The van der Waals surface area contributed by atoms with Gasteiger partial charge in [-0.15, -0.1) is 5.10 Å². The highest BCUT2D eigenvalue weighted by Gasteiger charge is 2.36. The molecule has 1 saturated heterocycles. The number of aryl methyl sites for hydroxylation is 1. The van der Waals surface area contributed by atoms with Gasteiger partial charge in [0.05, 0.1) is 18.4 Å². The average molecular weight is 304 g/mol. The minimum Gasteiger partial charge on any atom is -0.370 e. The molecule has 1 fully saturated rings. The molecule has 6 heteroatoms. The van der Waals surface area contributed by atoms with E-state index in [1.807, 2.05) is 19.3 Å². The van der Waals surface area contributed by atoms with Gasteiger partial charge in [0.15, 0.2) is 0 Å². The van der Waals surface area contributed by atoms with Crippen molar-refractivity contribution in [2.45, 2.75) is 32.0 Å². The zero-order chi connectivity index (χ0) is 15.7. The van der Waals surface area contributed by atoms with Gasteiger partial charge in [0, 0.05) is 31.9 Å². The first-order valence-corrected chi connectivity index (χ1v) is 7.41. The highest BCUT2D eigenvalue weighted by Crippen LogP contribution is 2.31. The van der Waals surface area contributed by atoms with E-state index < -0.39 is 0 Å². The first-order chi connectivity index (χ1) is 10.4. The van der Waals surface area contributed by atoms with Crippen LogP contribution in [0.15, 0.2) is 30.5 Å². The van der Waals surface area contributed by atoms with Crippen LogP contribution in [0.25, 0.3) is 0 Å². The Morgan fingerprint density at radius 1 is 1.41 bits per heavy atom. The molecule has 1 aromatic carbocycles. The van der Waals surface area contributed by atoms with Gasteiger partial charge in [-0.25, -0.2) is 4.39 Å². The van der Waals surface area contributed by atoms with E-state index in [-0.39, 0.29) is 17.5 Å². The standard InChI is InChI=1S/C16H21FN4O/c1-16(2)11-22-15(12-5-4-6-13(17)7-12)10-21(16)9-14-8-20(3)19-18-14/h4-8,15H,9-11H2,1-3H3. The van der Waals surface area contributed by atoms with E-state index in [1.54, 1.807) is 16.8 Å². The van der Waals surface area contributed by atoms with Gasteiger partial charge in [0.1, 0.15) is 5.82 Å². The van der Waals surface area contributed by atoms with E-state index in [0.717, 1.165) is 11.3 Å². The zero-order valence-electron chi connectivity index (χ0n) is 13.2. The molecule has 2 heterocycles. The molecule has 1 aliphatic heterocycles. The zero-order valence-corrected chi connectivity index (χ0v) is 13.2. The molecule has 2 aromatic rings. The summed E-state index contributed by atoms with van der Waals surface area (Å²) < 4.78 is 21.1. The molecule has 118 valence electrons. The Balaban J connectivity index is 1.78. The maximum Gasteiger partial charge on any atom is 0.123 e. The van der Waals surface area contributed by atoms with Gasteiger partial charge in [-0.2, -0.15) is 0 Å². The monoisotopic (exact) mass is 304 g/mol. The van der Waals surface area contributed by atoms with Crippen LogP contribution in [0.4, 0.5) is 4.39 Å². The third-order valence-electron chi connectivity index (χ3n) is 4.10. The van der Waals surface area contributed by atoms with Crippen molar-refractivity contribution in [1.29, 1.82) is 0 Å². The number of ether oxygens (including phenoxy) is 1. The summed E-state index contributed by atoms with van der Waals surface area (Å²) in [6.45, 7) is 6.29. The maximum absolute atomic E-state index is 13.4. The highest BCUT2D eigenvalue weighted by atomic mass is 19.1. The molecule has 1 atom stereocenters. The van der Waals surface area contributed by atoms with Crippen LogP contribution >= 0.6 is 0 Å². The molecule has 3 rings (SSSR count). The Kier molecular flexibility index (Phi) is 3.97. The van der Waals surface area contributed by atoms with E-state index in [1.165, 1.54) is 6.07 Å². The Bertz CT molecular complexity index is 655. The second-order valence-electron chi connectivity index (χ2n) is 6.43. The van der Waals surface area contributed by atoms with Crippen LogP contribution in [0.3, 0.4) is 0 Å². The molecular weight excluding hydrogens is 283 g/mol. The molecule has 1 aliphatic rings. The SMILES string of the molecule is Cn1cc(CN2CC(c3cccc(F)c3)OCC2(C)C)nn1. The lowest BCUT2D eigenvalue weighted by Gasteiger charge is -2.45. The molecule has 22 heavy (non-hydrogen) atoms. The summed E-state index contributed by atoms with van der Waals surface area (Å²) in [7, 11) is 1.86. The van der Waals surface area contributed by atoms with Crippen molar-refractivity contribution >= 4 is 0 Å². The lowest BCUT2D eigenvalue weighted by Crippen LogP contribution is -2.53. The van der Waals surface area contributed by atoms with Crippen LogP contribution in [0.5, 0.6) is 0 Å². The van der Waals surface area contributed by atoms with E-state index in [0.29, 0.717) is 19.7 Å². The second kappa shape index (κ2) is 5.78. The summed E-state index contributed by atoms with van der Waals surface area (Å²) in [6.07, 6.45) is 1.79. The minimum absolute atomic E-state index is 0.0959. The fraction of sp³-hybridized carbons (Fsp3) is 0.500. The lowest BCUT2D eigenvalue weighted by molar-refractivity contribution is -0.105. The second-order valence-corrected chi connectivity index (χ2v) is 6.43. The molecule has 5 nitrogen and oxygen atoms in total. The summed E-state index contributed by atoms with van der Waals surface area (Å²) in [5.41, 5.74) is 1.71. The van der Waals surface area contributed by atoms with Crippen molar-refractivity contribution in [3.8, 4) is 0 Å². The summed E-state index contributed by atoms with van der Waals surface area (Å²) in [5.74, 6) is -0.230. The predicted octanol–water partition coefficient (Wildman–Crippen LogP) is 2.31. The number of hydrogen-bond donors (Lipinski definition) is 0. The van der Waals surface area contributed by atoms with Crippen molar-refractivity contribution < 1.29 is 9.13 Å². The van der Waals surface area contributed by atoms with Gasteiger partial charge in [0.25, 0.3) is 0 Å². The van der Waals surface area contributed by atoms with E-state index in [9.17, 15) is 4.39 Å². The number of halogens is 1. The van der Waals surface area contributed by atoms with Gasteiger partial charge < -0.3 is 4.74 Å². The van der Waals surface area contributed by atoms with Crippen molar-refractivity contribution in [1.82, 2.24) is 19.9 Å². The normalized spacial score (nSPS) is 21.9. The number of rotatable bonds is 3. The molecule has 0 bridgehead atoms. The molecular formula is C16H21FN4O. The molecule has 1 unspecified atom stereocenters. The quantitative estimate of drug-likeness (QED) is 0.873. The Morgan fingerprint density at radius 3 is 2.91 bits per heavy atom. The van der Waals surface area contributed by atoms with Crippen LogP contribution in [-0.4, -0.2) is 38.6 Å². The molecule has 0 radical (unpaired) electrons. The molecule has 1 aromatic heterocycles. The van der Waals surface area contributed by atoms with Gasteiger partial charge in [-0.3, -0.25) is 9.58 Å². The Morgan fingerprint density at radius 2 is 2.23 bits per heavy atom. The van der Waals surface area contributed by atoms with Crippen LogP contribution in [0.2, 0.25) is 0 Å². The van der Waals surface area contributed by atoms with Gasteiger partial charge in [0.2, 0.25) is 0 Å². The number of morpholine rings is 1. The fourth-order valence-electron chi connectivity index (χ4n) is 2.75. The van der Waals surface area contributed by atoms with Crippen molar-refractivity contribution in [2.75, 3.05) is 13.2 Å². The summed E-state index contributed by atoms with van der Waals surface area (Å²) >= 11 is 0. The molecule has 0 amide bonds. The highest BCUT2D eigenvalue weighted by molar-refractivity contribution is 5.20. The predicted molar refractivity (Wildman–Crippen MR) is 80.6 cm³/mol. The Hall–Kier alpha value is -1.79. The first kappa shape index (κ1) is 15.1. The number of aromatic nitrogens is 3. The summed E-state index contributed by atoms with van der Waals surface area (Å²) in [5, 5.41) is 8.14. The van der Waals surface area contributed by atoms with Crippen LogP contribution in [0.1, 0.15) is 31.2 Å². The topological polar surface area (TPSA) is 43.2 Å². The third-order valence-corrected chi connectivity index (χ3v) is 4.10. The van der Waals surface area contributed by atoms with E-state index in [4.69, 9.17) is 4.74 Å². The smallest absolute Gasteiger partial charge is 0.123 e. The fourth-order valence-corrected chi connectivity index (χ4v) is 2.75. The average Bonchev–Trinajstić information content (AvgIpc) is 2.86. The molecule has 0 saturated carbocycles. The first-order valence-electron chi connectivity index (χ1n) is 7.41. The number of nitrogens with zero attached hydrogens (tertiary/aromatic N) is 4.